The Morgan fingerprint density at radius 1 is 1.62 bits per heavy atom. The maximum atomic E-state index is 11.2. The van der Waals surface area contributed by atoms with Crippen LogP contribution in [0, 0.1) is 0 Å². The summed E-state index contributed by atoms with van der Waals surface area (Å²) in [5.41, 5.74) is 7.97. The number of nitrogens with zero attached hydrogens (tertiary/aromatic N) is 3. The van der Waals surface area contributed by atoms with Crippen LogP contribution in [0.3, 0.4) is 0 Å². The van der Waals surface area contributed by atoms with Crippen LogP contribution in [0.4, 0.5) is 0 Å². The van der Waals surface area contributed by atoms with Gasteiger partial charge in [0.05, 0.1) is 13.0 Å². The average Bonchev–Trinajstić information content (AvgIpc) is 2.76. The second-order valence-electron chi connectivity index (χ2n) is 2.75. The van der Waals surface area contributed by atoms with E-state index in [4.69, 9.17) is 15.0 Å². The summed E-state index contributed by atoms with van der Waals surface area (Å²) in [5, 5.41) is 5.17. The fraction of sp³-hybridized carbons (Fsp3) is 0.444. The van der Waals surface area contributed by atoms with Crippen molar-refractivity contribution in [1.82, 2.24) is 0 Å². The second-order valence-corrected chi connectivity index (χ2v) is 3.79. The molecule has 1 aromatic heterocycles. The van der Waals surface area contributed by atoms with Gasteiger partial charge in [0.25, 0.3) is 0 Å². The fourth-order valence-electron chi connectivity index (χ4n) is 0.923. The number of rotatable bonds is 7. The number of hydrogen-bond acceptors (Lipinski definition) is 5. The van der Waals surface area contributed by atoms with E-state index in [1.54, 1.807) is 0 Å². The lowest BCUT2D eigenvalue weighted by atomic mass is 10.3. The van der Waals surface area contributed by atoms with Crippen molar-refractivity contribution in [1.29, 1.82) is 0 Å². The largest absolute Gasteiger partial charge is 0.438 e. The minimum atomic E-state index is -0.328. The molecule has 1 rings (SSSR count). The number of esters is 1. The molecule has 0 amide bonds. The Labute approximate surface area is 96.4 Å². The molecule has 6 nitrogen and oxygen atoms in total. The first-order valence-electron chi connectivity index (χ1n) is 4.59. The van der Waals surface area contributed by atoms with Gasteiger partial charge in [0.1, 0.15) is 0 Å². The molecule has 0 saturated heterocycles. The lowest BCUT2D eigenvalue weighted by Crippen LogP contribution is -2.11. The van der Waals surface area contributed by atoms with Crippen molar-refractivity contribution in [3.8, 4) is 0 Å². The van der Waals surface area contributed by atoms with Gasteiger partial charge < -0.3 is 9.47 Å². The van der Waals surface area contributed by atoms with Gasteiger partial charge in [0.15, 0.2) is 6.79 Å². The molecule has 0 saturated carbocycles. The van der Waals surface area contributed by atoms with E-state index in [1.807, 2.05) is 17.5 Å². The molecule has 0 aliphatic carbocycles. The number of thiophene rings is 1. The molecule has 0 aliphatic heterocycles. The van der Waals surface area contributed by atoms with Crippen LogP contribution < -0.4 is 0 Å². The van der Waals surface area contributed by atoms with E-state index in [0.29, 0.717) is 0 Å². The minimum Gasteiger partial charge on any atom is -0.438 e. The van der Waals surface area contributed by atoms with E-state index in [0.717, 1.165) is 4.88 Å². The third kappa shape index (κ3) is 5.35. The molecule has 0 spiro atoms. The number of carbonyl (C=O) groups excluding carboxylic acids is 1. The molecule has 1 heterocycles. The fourth-order valence-corrected chi connectivity index (χ4v) is 1.61. The summed E-state index contributed by atoms with van der Waals surface area (Å²) in [7, 11) is 0. The first-order chi connectivity index (χ1) is 7.83. The zero-order valence-electron chi connectivity index (χ0n) is 8.54. The van der Waals surface area contributed by atoms with Crippen molar-refractivity contribution < 1.29 is 14.3 Å². The van der Waals surface area contributed by atoms with E-state index in [-0.39, 0.29) is 32.3 Å². The van der Waals surface area contributed by atoms with Crippen molar-refractivity contribution in [2.24, 2.45) is 5.11 Å². The minimum absolute atomic E-state index is 0.106. The second kappa shape index (κ2) is 7.70. The highest BCUT2D eigenvalue weighted by molar-refractivity contribution is 7.10. The normalized spacial score (nSPS) is 9.50. The molecule has 1 aromatic rings. The summed E-state index contributed by atoms with van der Waals surface area (Å²) >= 11 is 1.50. The lowest BCUT2D eigenvalue weighted by Gasteiger charge is -2.03. The molecule has 0 fully saturated rings. The molecular weight excluding hydrogens is 230 g/mol. The SMILES string of the molecule is [N-]=[N+]=NCCOCOC(=O)Cc1cccs1. The molecule has 16 heavy (non-hydrogen) atoms. The van der Waals surface area contributed by atoms with E-state index in [1.165, 1.54) is 11.3 Å². The summed E-state index contributed by atoms with van der Waals surface area (Å²) < 4.78 is 9.73. The molecule has 0 aromatic carbocycles. The molecule has 86 valence electrons. The third-order valence-electron chi connectivity index (χ3n) is 1.60. The van der Waals surface area contributed by atoms with Gasteiger partial charge in [-0.25, -0.2) is 0 Å². The molecule has 0 aliphatic rings. The quantitative estimate of drug-likeness (QED) is 0.183. The van der Waals surface area contributed by atoms with Gasteiger partial charge in [0.2, 0.25) is 0 Å². The molecule has 0 radical (unpaired) electrons. The van der Waals surface area contributed by atoms with Crippen LogP contribution in [0.15, 0.2) is 22.6 Å². The number of hydrogen-bond donors (Lipinski definition) is 0. The summed E-state index contributed by atoms with van der Waals surface area (Å²) in [5.74, 6) is -0.328. The van der Waals surface area contributed by atoms with Gasteiger partial charge in [0, 0.05) is 16.3 Å². The Morgan fingerprint density at radius 3 is 3.19 bits per heavy atom. The Kier molecular flexibility index (Phi) is 6.02. The molecule has 0 N–H and O–H groups in total. The number of azide groups is 1. The smallest absolute Gasteiger partial charge is 0.313 e. The maximum absolute atomic E-state index is 11.2. The van der Waals surface area contributed by atoms with E-state index in [9.17, 15) is 4.79 Å². The summed E-state index contributed by atoms with van der Waals surface area (Å²) in [6.07, 6.45) is 0.261. The van der Waals surface area contributed by atoms with Gasteiger partial charge in [-0.2, -0.15) is 0 Å². The zero-order valence-corrected chi connectivity index (χ0v) is 9.35. The zero-order chi connectivity index (χ0) is 11.6. The van der Waals surface area contributed by atoms with Crippen LogP contribution in [0.1, 0.15) is 4.88 Å². The topological polar surface area (TPSA) is 84.3 Å². The molecule has 0 atom stereocenters. The van der Waals surface area contributed by atoms with Crippen molar-refractivity contribution in [3.05, 3.63) is 32.8 Å². The molecule has 0 bridgehead atoms. The Bertz CT molecular complexity index is 360. The molecule has 7 heteroatoms. The average molecular weight is 241 g/mol. The van der Waals surface area contributed by atoms with Gasteiger partial charge in [-0.15, -0.1) is 11.3 Å². The standard InChI is InChI=1S/C9H11N3O3S/c10-12-11-3-4-14-7-15-9(13)6-8-2-1-5-16-8/h1-2,5H,3-4,6-7H2. The summed E-state index contributed by atoms with van der Waals surface area (Å²) in [4.78, 5) is 14.7. The Hall–Kier alpha value is -1.56. The van der Waals surface area contributed by atoms with E-state index in [2.05, 4.69) is 10.0 Å². The van der Waals surface area contributed by atoms with Gasteiger partial charge in [-0.3, -0.25) is 4.79 Å². The van der Waals surface area contributed by atoms with Crippen LogP contribution in [-0.4, -0.2) is 25.9 Å². The highest BCUT2D eigenvalue weighted by Crippen LogP contribution is 2.09. The van der Waals surface area contributed by atoms with Crippen LogP contribution in [0.5, 0.6) is 0 Å². The highest BCUT2D eigenvalue weighted by Gasteiger charge is 2.04. The summed E-state index contributed by atoms with van der Waals surface area (Å²) in [6, 6.07) is 3.75. The van der Waals surface area contributed by atoms with Gasteiger partial charge in [-0.05, 0) is 17.0 Å². The summed E-state index contributed by atoms with van der Waals surface area (Å²) in [6.45, 7) is 0.375. The van der Waals surface area contributed by atoms with Crippen LogP contribution in [0.2, 0.25) is 0 Å². The van der Waals surface area contributed by atoms with Crippen LogP contribution in [-0.2, 0) is 20.7 Å². The molecular formula is C9H11N3O3S. The number of carbonyl (C=O) groups is 1. The van der Waals surface area contributed by atoms with Crippen molar-refractivity contribution in [2.75, 3.05) is 19.9 Å². The van der Waals surface area contributed by atoms with Gasteiger partial charge >= 0.3 is 5.97 Å². The van der Waals surface area contributed by atoms with Crippen LogP contribution >= 0.6 is 11.3 Å². The Balaban J connectivity index is 2.04. The van der Waals surface area contributed by atoms with Crippen molar-refractivity contribution >= 4 is 17.3 Å². The maximum Gasteiger partial charge on any atom is 0.313 e. The first-order valence-corrected chi connectivity index (χ1v) is 5.47. The van der Waals surface area contributed by atoms with Crippen molar-refractivity contribution in [2.45, 2.75) is 6.42 Å². The molecule has 0 unspecified atom stereocenters. The monoisotopic (exact) mass is 241 g/mol. The van der Waals surface area contributed by atoms with E-state index >= 15 is 0 Å². The Morgan fingerprint density at radius 2 is 2.50 bits per heavy atom. The number of ether oxygens (including phenoxy) is 2. The predicted octanol–water partition coefficient (Wildman–Crippen LogP) is 2.12. The lowest BCUT2D eigenvalue weighted by molar-refractivity contribution is -0.155. The first kappa shape index (κ1) is 12.5. The van der Waals surface area contributed by atoms with E-state index < -0.39 is 0 Å². The van der Waals surface area contributed by atoms with Crippen LogP contribution in [0.25, 0.3) is 10.4 Å². The van der Waals surface area contributed by atoms with Gasteiger partial charge in [-0.1, -0.05) is 11.2 Å². The van der Waals surface area contributed by atoms with Crippen molar-refractivity contribution in [3.63, 3.8) is 0 Å². The predicted molar refractivity (Wildman–Crippen MR) is 58.9 cm³/mol. The third-order valence-corrected chi connectivity index (χ3v) is 2.48. The highest BCUT2D eigenvalue weighted by atomic mass is 32.1.